The average molecular weight is 573 g/mol. The van der Waals surface area contributed by atoms with E-state index in [-0.39, 0.29) is 0 Å². The fraction of sp³-hybridized carbons (Fsp3) is 0. The fourth-order valence-electron chi connectivity index (χ4n) is 7.01. The number of rotatable bonds is 2. The highest BCUT2D eigenvalue weighted by Crippen LogP contribution is 2.39. The maximum absolute atomic E-state index is 6.29. The van der Waals surface area contributed by atoms with Crippen LogP contribution in [0, 0.1) is 0 Å². The molecule has 0 unspecified atom stereocenters. The highest BCUT2D eigenvalue weighted by Gasteiger charge is 2.15. The number of nitrogens with zero attached hydrogens (tertiary/aromatic N) is 2. The molecular formula is C42H24N2O. The molecule has 10 rings (SSSR count). The van der Waals surface area contributed by atoms with Crippen LogP contribution < -0.4 is 0 Å². The second-order valence-electron chi connectivity index (χ2n) is 11.8. The minimum Gasteiger partial charge on any atom is -0.456 e. The van der Waals surface area contributed by atoms with Crippen LogP contribution in [0.5, 0.6) is 0 Å². The van der Waals surface area contributed by atoms with Crippen LogP contribution in [0.3, 0.4) is 0 Å². The SMILES string of the molecule is c1ccc2cc(-c3nc(-c4ccc5c(ccc6ccc7cc8c(cc7c65)oc5ccccc58)c4)nc4ccccc34)ccc2c1. The molecule has 45 heavy (non-hydrogen) atoms. The largest absolute Gasteiger partial charge is 0.456 e. The smallest absolute Gasteiger partial charge is 0.160 e. The highest BCUT2D eigenvalue weighted by atomic mass is 16.3. The summed E-state index contributed by atoms with van der Waals surface area (Å²) in [5.41, 5.74) is 5.79. The van der Waals surface area contributed by atoms with E-state index in [1.54, 1.807) is 0 Å². The Labute approximate surface area is 258 Å². The molecule has 3 nitrogen and oxygen atoms in total. The van der Waals surface area contributed by atoms with E-state index in [1.165, 1.54) is 37.7 Å². The van der Waals surface area contributed by atoms with Crippen LogP contribution in [-0.4, -0.2) is 9.97 Å². The third-order valence-electron chi connectivity index (χ3n) is 9.20. The maximum Gasteiger partial charge on any atom is 0.160 e. The van der Waals surface area contributed by atoms with Gasteiger partial charge in [0.25, 0.3) is 0 Å². The molecule has 0 aliphatic carbocycles. The Morgan fingerprint density at radius 3 is 1.98 bits per heavy atom. The molecule has 0 saturated heterocycles. The van der Waals surface area contributed by atoms with Crippen molar-refractivity contribution in [3.8, 4) is 22.6 Å². The summed E-state index contributed by atoms with van der Waals surface area (Å²) in [5, 5.41) is 13.0. The molecule has 0 atom stereocenters. The Hall–Kier alpha value is -6.06. The topological polar surface area (TPSA) is 38.9 Å². The zero-order valence-corrected chi connectivity index (χ0v) is 24.2. The van der Waals surface area contributed by atoms with Gasteiger partial charge >= 0.3 is 0 Å². The number of benzene rings is 8. The van der Waals surface area contributed by atoms with Crippen LogP contribution in [0.2, 0.25) is 0 Å². The van der Waals surface area contributed by atoms with Crippen molar-refractivity contribution in [1.82, 2.24) is 9.97 Å². The summed E-state index contributed by atoms with van der Waals surface area (Å²) in [4.78, 5) is 10.2. The lowest BCUT2D eigenvalue weighted by Crippen LogP contribution is -1.95. The number of aromatic nitrogens is 2. The van der Waals surface area contributed by atoms with Crippen LogP contribution in [0.25, 0.3) is 98.6 Å². The lowest BCUT2D eigenvalue weighted by Gasteiger charge is -2.12. The van der Waals surface area contributed by atoms with Crippen molar-refractivity contribution in [2.24, 2.45) is 0 Å². The first-order chi connectivity index (χ1) is 22.3. The van der Waals surface area contributed by atoms with E-state index in [4.69, 9.17) is 14.4 Å². The number of hydrogen-bond donors (Lipinski definition) is 0. The summed E-state index contributed by atoms with van der Waals surface area (Å²) in [6.07, 6.45) is 0. The normalized spacial score (nSPS) is 12.0. The molecule has 0 saturated carbocycles. The van der Waals surface area contributed by atoms with Crippen molar-refractivity contribution >= 4 is 75.9 Å². The van der Waals surface area contributed by atoms with Crippen molar-refractivity contribution < 1.29 is 4.42 Å². The Balaban J connectivity index is 1.18. The van der Waals surface area contributed by atoms with Crippen molar-refractivity contribution in [1.29, 1.82) is 0 Å². The van der Waals surface area contributed by atoms with Gasteiger partial charge in [-0.3, -0.25) is 0 Å². The van der Waals surface area contributed by atoms with Gasteiger partial charge in [0.1, 0.15) is 11.2 Å². The van der Waals surface area contributed by atoms with Gasteiger partial charge in [-0.05, 0) is 79.5 Å². The number of furan rings is 1. The second-order valence-corrected chi connectivity index (χ2v) is 11.8. The van der Waals surface area contributed by atoms with Crippen LogP contribution in [0.15, 0.2) is 150 Å². The van der Waals surface area contributed by atoms with Crippen LogP contribution in [-0.2, 0) is 0 Å². The molecule has 0 N–H and O–H groups in total. The number of hydrogen-bond acceptors (Lipinski definition) is 3. The van der Waals surface area contributed by atoms with Crippen LogP contribution in [0.4, 0.5) is 0 Å². The predicted octanol–water partition coefficient (Wildman–Crippen LogP) is 11.5. The lowest BCUT2D eigenvalue weighted by molar-refractivity contribution is 0.669. The van der Waals surface area contributed by atoms with Gasteiger partial charge in [0.2, 0.25) is 0 Å². The zero-order valence-electron chi connectivity index (χ0n) is 24.2. The monoisotopic (exact) mass is 572 g/mol. The average Bonchev–Trinajstić information content (AvgIpc) is 3.47. The van der Waals surface area contributed by atoms with E-state index in [1.807, 2.05) is 18.2 Å². The molecule has 2 heterocycles. The standard InChI is InChI=1S/C42H24N2O/c1-2-8-27-21-30(18-13-25(27)7-1)41-34-10-3-5-11-37(34)43-42(44-41)31-19-20-32-28(22-31)16-14-26-15-17-29-23-36-33-9-4-6-12-38(33)45-39(36)24-35(29)40(26)32/h1-24H. The molecule has 0 bridgehead atoms. The van der Waals surface area contributed by atoms with Gasteiger partial charge < -0.3 is 4.42 Å². The van der Waals surface area contributed by atoms with E-state index in [0.29, 0.717) is 0 Å². The second kappa shape index (κ2) is 9.22. The first kappa shape index (κ1) is 24.4. The van der Waals surface area contributed by atoms with E-state index in [9.17, 15) is 0 Å². The molecule has 10 aromatic rings. The maximum atomic E-state index is 6.29. The Kier molecular flexibility index (Phi) is 5.00. The van der Waals surface area contributed by atoms with Crippen LogP contribution in [0.1, 0.15) is 0 Å². The van der Waals surface area contributed by atoms with Gasteiger partial charge in [-0.1, -0.05) is 109 Å². The van der Waals surface area contributed by atoms with E-state index in [0.717, 1.165) is 60.9 Å². The van der Waals surface area contributed by atoms with Gasteiger partial charge in [0.15, 0.2) is 5.82 Å². The molecule has 208 valence electrons. The highest BCUT2D eigenvalue weighted by molar-refractivity contribution is 6.23. The molecule has 0 radical (unpaired) electrons. The molecule has 0 aliphatic rings. The van der Waals surface area contributed by atoms with E-state index < -0.39 is 0 Å². The first-order valence-corrected chi connectivity index (χ1v) is 15.2. The van der Waals surface area contributed by atoms with Crippen molar-refractivity contribution in [3.05, 3.63) is 146 Å². The summed E-state index contributed by atoms with van der Waals surface area (Å²) in [6.45, 7) is 0. The summed E-state index contributed by atoms with van der Waals surface area (Å²) >= 11 is 0. The minimum atomic E-state index is 0.723. The molecule has 2 aromatic heterocycles. The number of fused-ring (bicyclic) bond motifs is 10. The summed E-state index contributed by atoms with van der Waals surface area (Å²) in [7, 11) is 0. The summed E-state index contributed by atoms with van der Waals surface area (Å²) in [6, 6.07) is 51.5. The fourth-order valence-corrected chi connectivity index (χ4v) is 7.01. The van der Waals surface area contributed by atoms with Crippen molar-refractivity contribution in [3.63, 3.8) is 0 Å². The summed E-state index contributed by atoms with van der Waals surface area (Å²) in [5.74, 6) is 0.723. The summed E-state index contributed by atoms with van der Waals surface area (Å²) < 4.78 is 6.29. The molecule has 3 heteroatoms. The molecule has 0 amide bonds. The van der Waals surface area contributed by atoms with Crippen molar-refractivity contribution in [2.75, 3.05) is 0 Å². The van der Waals surface area contributed by atoms with Gasteiger partial charge in [-0.2, -0.15) is 0 Å². The Bertz CT molecular complexity index is 2830. The Morgan fingerprint density at radius 2 is 1.07 bits per heavy atom. The zero-order chi connectivity index (χ0) is 29.5. The van der Waals surface area contributed by atoms with E-state index >= 15 is 0 Å². The molecule has 0 spiro atoms. The van der Waals surface area contributed by atoms with Crippen LogP contribution >= 0.6 is 0 Å². The molecule has 8 aromatic carbocycles. The number of para-hydroxylation sites is 2. The van der Waals surface area contributed by atoms with Crippen molar-refractivity contribution in [2.45, 2.75) is 0 Å². The minimum absolute atomic E-state index is 0.723. The third-order valence-corrected chi connectivity index (χ3v) is 9.20. The quantitative estimate of drug-likeness (QED) is 0.193. The third kappa shape index (κ3) is 3.71. The van der Waals surface area contributed by atoms with Gasteiger partial charge in [0, 0.05) is 27.3 Å². The molecular weight excluding hydrogens is 548 g/mol. The van der Waals surface area contributed by atoms with Gasteiger partial charge in [0.05, 0.1) is 11.2 Å². The van der Waals surface area contributed by atoms with Gasteiger partial charge in [-0.25, -0.2) is 9.97 Å². The lowest BCUT2D eigenvalue weighted by atomic mass is 9.94. The first-order valence-electron chi connectivity index (χ1n) is 15.2. The van der Waals surface area contributed by atoms with Gasteiger partial charge in [-0.15, -0.1) is 0 Å². The molecule has 0 aliphatic heterocycles. The molecule has 0 fully saturated rings. The Morgan fingerprint density at radius 1 is 0.378 bits per heavy atom. The predicted molar refractivity (Wildman–Crippen MR) is 188 cm³/mol. The van der Waals surface area contributed by atoms with E-state index in [2.05, 4.69) is 127 Å².